The number of halogens is 1. The van der Waals surface area contributed by atoms with Crippen LogP contribution < -0.4 is 16.2 Å². The first-order valence-corrected chi connectivity index (χ1v) is 11.4. The molecule has 1 fully saturated rings. The number of nitrogens with zero attached hydrogens (tertiary/aromatic N) is 5. The van der Waals surface area contributed by atoms with Crippen molar-refractivity contribution in [3.05, 3.63) is 63.3 Å². The molecule has 1 saturated carbocycles. The molecule has 33 heavy (non-hydrogen) atoms. The van der Waals surface area contributed by atoms with Crippen molar-refractivity contribution in [2.75, 3.05) is 10.6 Å². The number of benzene rings is 1. The van der Waals surface area contributed by atoms with Crippen molar-refractivity contribution in [2.24, 2.45) is 13.0 Å². The molecule has 0 aliphatic heterocycles. The maximum absolute atomic E-state index is 12.8. The van der Waals surface area contributed by atoms with Crippen molar-refractivity contribution in [3.63, 3.8) is 0 Å². The summed E-state index contributed by atoms with van der Waals surface area (Å²) in [5.41, 5.74) is 4.07. The van der Waals surface area contributed by atoms with Crippen molar-refractivity contribution in [1.29, 1.82) is 0 Å². The Kier molecular flexibility index (Phi) is 5.32. The number of aryl methyl sites for hydroxylation is 3. The third-order valence-corrected chi connectivity index (χ3v) is 6.43. The Hall–Kier alpha value is -3.39. The maximum Gasteiger partial charge on any atom is 0.252 e. The van der Waals surface area contributed by atoms with Gasteiger partial charge in [0, 0.05) is 35.9 Å². The molecule has 2 N–H and O–H groups in total. The standard InChI is InChI=1S/C24H26ClN7O/c1-13-10-14(2)32(30-13)24-26-12-18(25)23(29-24)28-19-7-5-6-17-20(27-15(3)16-8-9-16)11-21(33)31(4)22(17)19/h5-7,10-12,15-16,27H,8-9H2,1-4H3,(H,26,28,29)/t15-/m1/s1. The fraction of sp³-hybridized carbons (Fsp3) is 0.333. The number of rotatable bonds is 6. The van der Waals surface area contributed by atoms with E-state index in [1.807, 2.05) is 38.1 Å². The number of hydrogen-bond donors (Lipinski definition) is 2. The quantitative estimate of drug-likeness (QED) is 0.429. The van der Waals surface area contributed by atoms with Crippen LogP contribution in [0.2, 0.25) is 5.02 Å². The number of aromatic nitrogens is 5. The lowest BCUT2D eigenvalue weighted by Crippen LogP contribution is -2.22. The van der Waals surface area contributed by atoms with Gasteiger partial charge in [0.25, 0.3) is 11.5 Å². The summed E-state index contributed by atoms with van der Waals surface area (Å²) in [5.74, 6) is 1.53. The Bertz CT molecular complexity index is 1420. The molecular weight excluding hydrogens is 438 g/mol. The largest absolute Gasteiger partial charge is 0.382 e. The third-order valence-electron chi connectivity index (χ3n) is 6.16. The Balaban J connectivity index is 1.58. The Labute approximate surface area is 196 Å². The summed E-state index contributed by atoms with van der Waals surface area (Å²) in [6.45, 7) is 6.04. The highest BCUT2D eigenvalue weighted by Gasteiger charge is 2.28. The van der Waals surface area contributed by atoms with E-state index in [2.05, 4.69) is 32.6 Å². The fourth-order valence-electron chi connectivity index (χ4n) is 4.22. The maximum atomic E-state index is 12.8. The molecule has 0 amide bonds. The fourth-order valence-corrected chi connectivity index (χ4v) is 4.35. The molecule has 0 bridgehead atoms. The van der Waals surface area contributed by atoms with E-state index in [4.69, 9.17) is 11.6 Å². The van der Waals surface area contributed by atoms with E-state index < -0.39 is 0 Å². The van der Waals surface area contributed by atoms with Crippen molar-refractivity contribution in [3.8, 4) is 5.95 Å². The van der Waals surface area contributed by atoms with Crippen molar-refractivity contribution in [1.82, 2.24) is 24.3 Å². The lowest BCUT2D eigenvalue weighted by atomic mass is 10.1. The summed E-state index contributed by atoms with van der Waals surface area (Å²) in [6, 6.07) is 9.84. The van der Waals surface area contributed by atoms with E-state index in [-0.39, 0.29) is 5.56 Å². The minimum Gasteiger partial charge on any atom is -0.382 e. The molecule has 1 atom stereocenters. The molecule has 0 spiro atoms. The molecule has 170 valence electrons. The molecule has 1 aliphatic rings. The van der Waals surface area contributed by atoms with Crippen LogP contribution in [-0.2, 0) is 7.05 Å². The average molecular weight is 464 g/mol. The summed E-state index contributed by atoms with van der Waals surface area (Å²) >= 11 is 6.44. The van der Waals surface area contributed by atoms with Gasteiger partial charge in [-0.15, -0.1) is 0 Å². The minimum absolute atomic E-state index is 0.0839. The zero-order valence-electron chi connectivity index (χ0n) is 19.1. The van der Waals surface area contributed by atoms with Crippen LogP contribution in [0.15, 0.2) is 41.3 Å². The molecule has 5 rings (SSSR count). The van der Waals surface area contributed by atoms with Crippen LogP contribution in [0.1, 0.15) is 31.2 Å². The van der Waals surface area contributed by atoms with Gasteiger partial charge in [-0.25, -0.2) is 9.67 Å². The normalized spacial score (nSPS) is 14.5. The minimum atomic E-state index is -0.0839. The molecule has 3 aromatic heterocycles. The molecule has 1 aromatic carbocycles. The van der Waals surface area contributed by atoms with Gasteiger partial charge in [0.05, 0.1) is 23.1 Å². The zero-order valence-corrected chi connectivity index (χ0v) is 19.8. The molecule has 8 nitrogen and oxygen atoms in total. The summed E-state index contributed by atoms with van der Waals surface area (Å²) in [6.07, 6.45) is 4.01. The van der Waals surface area contributed by atoms with Gasteiger partial charge in [-0.1, -0.05) is 23.7 Å². The van der Waals surface area contributed by atoms with E-state index in [0.717, 1.165) is 33.7 Å². The van der Waals surface area contributed by atoms with Crippen molar-refractivity contribution in [2.45, 2.75) is 39.7 Å². The number of hydrogen-bond acceptors (Lipinski definition) is 6. The van der Waals surface area contributed by atoms with Crippen LogP contribution in [0.5, 0.6) is 0 Å². The van der Waals surface area contributed by atoms with Crippen LogP contribution >= 0.6 is 11.6 Å². The number of pyridine rings is 1. The molecular formula is C24H26ClN7O. The Morgan fingerprint density at radius 3 is 2.67 bits per heavy atom. The molecule has 0 saturated heterocycles. The topological polar surface area (TPSA) is 89.7 Å². The first kappa shape index (κ1) is 21.5. The average Bonchev–Trinajstić information content (AvgIpc) is 3.57. The second kappa shape index (κ2) is 8.19. The van der Waals surface area contributed by atoms with E-state index in [1.165, 1.54) is 12.8 Å². The van der Waals surface area contributed by atoms with E-state index >= 15 is 0 Å². The molecule has 0 radical (unpaired) electrons. The second-order valence-corrected chi connectivity index (χ2v) is 9.17. The first-order chi connectivity index (χ1) is 15.8. The highest BCUT2D eigenvalue weighted by Crippen LogP contribution is 2.36. The lowest BCUT2D eigenvalue weighted by Gasteiger charge is -2.19. The first-order valence-electron chi connectivity index (χ1n) is 11.0. The highest BCUT2D eigenvalue weighted by molar-refractivity contribution is 6.33. The smallest absolute Gasteiger partial charge is 0.252 e. The number of anilines is 3. The monoisotopic (exact) mass is 463 g/mol. The van der Waals surface area contributed by atoms with Gasteiger partial charge < -0.3 is 15.2 Å². The molecule has 0 unspecified atom stereocenters. The van der Waals surface area contributed by atoms with Crippen molar-refractivity contribution >= 4 is 39.7 Å². The van der Waals surface area contributed by atoms with Crippen LogP contribution in [-0.4, -0.2) is 30.4 Å². The van der Waals surface area contributed by atoms with Gasteiger partial charge in [-0.2, -0.15) is 10.1 Å². The molecule has 3 heterocycles. The predicted octanol–water partition coefficient (Wildman–Crippen LogP) is 4.74. The van der Waals surface area contributed by atoms with Gasteiger partial charge in [0.2, 0.25) is 0 Å². The highest BCUT2D eigenvalue weighted by atomic mass is 35.5. The van der Waals surface area contributed by atoms with Crippen LogP contribution in [0.4, 0.5) is 17.2 Å². The summed E-state index contributed by atoms with van der Waals surface area (Å²) < 4.78 is 3.32. The van der Waals surface area contributed by atoms with E-state index in [0.29, 0.717) is 28.7 Å². The lowest BCUT2D eigenvalue weighted by molar-refractivity contribution is 0.694. The molecule has 1 aliphatic carbocycles. The number of para-hydroxylation sites is 1. The summed E-state index contributed by atoms with van der Waals surface area (Å²) in [5, 5.41) is 12.7. The Morgan fingerprint density at radius 1 is 1.18 bits per heavy atom. The third kappa shape index (κ3) is 4.06. The van der Waals surface area contributed by atoms with Crippen LogP contribution in [0.25, 0.3) is 16.9 Å². The van der Waals surface area contributed by atoms with Crippen LogP contribution in [0, 0.1) is 19.8 Å². The molecule has 9 heteroatoms. The van der Waals surface area contributed by atoms with Gasteiger partial charge >= 0.3 is 0 Å². The van der Waals surface area contributed by atoms with E-state index in [9.17, 15) is 4.79 Å². The number of nitrogens with one attached hydrogen (secondary N) is 2. The zero-order chi connectivity index (χ0) is 23.3. The SMILES string of the molecule is Cc1cc(C)n(-c2ncc(Cl)c(Nc3cccc4c(N[C@H](C)C5CC5)cc(=O)n(C)c34)n2)n1. The summed E-state index contributed by atoms with van der Waals surface area (Å²) in [4.78, 5) is 21.8. The van der Waals surface area contributed by atoms with Crippen LogP contribution in [0.3, 0.4) is 0 Å². The van der Waals surface area contributed by atoms with Crippen molar-refractivity contribution < 1.29 is 0 Å². The Morgan fingerprint density at radius 2 is 1.97 bits per heavy atom. The van der Waals surface area contributed by atoms with Gasteiger partial charge in [-0.3, -0.25) is 4.79 Å². The van der Waals surface area contributed by atoms with Gasteiger partial charge in [-0.05, 0) is 51.7 Å². The van der Waals surface area contributed by atoms with Gasteiger partial charge in [0.15, 0.2) is 5.82 Å². The van der Waals surface area contributed by atoms with Gasteiger partial charge in [0.1, 0.15) is 5.02 Å². The van der Waals surface area contributed by atoms with E-state index in [1.54, 1.807) is 28.6 Å². The predicted molar refractivity (Wildman–Crippen MR) is 132 cm³/mol. The molecule has 4 aromatic rings. The second-order valence-electron chi connectivity index (χ2n) is 8.76. The summed E-state index contributed by atoms with van der Waals surface area (Å²) in [7, 11) is 1.77. The number of fused-ring (bicyclic) bond motifs is 1.